The summed E-state index contributed by atoms with van der Waals surface area (Å²) in [4.78, 5) is 37.6. The van der Waals surface area contributed by atoms with Crippen LogP contribution >= 0.6 is 0 Å². The summed E-state index contributed by atoms with van der Waals surface area (Å²) in [6.45, 7) is 4.91. The van der Waals surface area contributed by atoms with Crippen molar-refractivity contribution in [3.8, 4) is 0 Å². The molecule has 2 aromatic carbocycles. The summed E-state index contributed by atoms with van der Waals surface area (Å²) < 4.78 is 0. The van der Waals surface area contributed by atoms with Crippen LogP contribution in [0.1, 0.15) is 32.7 Å². The van der Waals surface area contributed by atoms with Crippen molar-refractivity contribution in [2.45, 2.75) is 13.3 Å². The second kappa shape index (κ2) is 9.47. The van der Waals surface area contributed by atoms with Gasteiger partial charge in [0.15, 0.2) is 0 Å². The van der Waals surface area contributed by atoms with Crippen LogP contribution in [0, 0.1) is 6.92 Å². The average molecular weight is 431 g/mol. The number of benzene rings is 2. The number of carboxylic acid groups (broad SMARTS) is 1. The van der Waals surface area contributed by atoms with Crippen LogP contribution in [0.3, 0.4) is 0 Å². The van der Waals surface area contributed by atoms with Gasteiger partial charge in [0.05, 0.1) is 11.3 Å². The van der Waals surface area contributed by atoms with Crippen molar-refractivity contribution in [1.29, 1.82) is 0 Å². The molecule has 1 aromatic heterocycles. The number of hydrogen-bond donors (Lipinski definition) is 2. The van der Waals surface area contributed by atoms with Crippen LogP contribution < -0.4 is 15.1 Å². The molecule has 3 aromatic rings. The van der Waals surface area contributed by atoms with E-state index in [-0.39, 0.29) is 17.2 Å². The van der Waals surface area contributed by atoms with E-state index >= 15 is 0 Å². The Morgan fingerprint density at radius 2 is 1.62 bits per heavy atom. The number of anilines is 3. The third-order valence-corrected chi connectivity index (χ3v) is 5.57. The van der Waals surface area contributed by atoms with Crippen LogP contribution in [0.15, 0.2) is 60.9 Å². The Hall–Kier alpha value is -3.94. The molecule has 8 heteroatoms. The Morgan fingerprint density at radius 3 is 2.38 bits per heavy atom. The molecule has 0 saturated carbocycles. The largest absolute Gasteiger partial charge is 0.478 e. The first kappa shape index (κ1) is 21.3. The molecule has 1 amide bonds. The fraction of sp³-hybridized carbons (Fsp3) is 0.250. The van der Waals surface area contributed by atoms with Crippen molar-refractivity contribution in [2.75, 3.05) is 41.3 Å². The van der Waals surface area contributed by atoms with E-state index in [1.54, 1.807) is 42.7 Å². The first-order valence-corrected chi connectivity index (χ1v) is 10.5. The van der Waals surface area contributed by atoms with Gasteiger partial charge in [-0.05, 0) is 49.2 Å². The number of carbonyl (C=O) groups excluding carboxylic acids is 1. The van der Waals surface area contributed by atoms with Gasteiger partial charge in [0, 0.05) is 49.8 Å². The molecular formula is C24H25N5O3. The number of rotatable bonds is 5. The number of carbonyl (C=O) groups is 2. The van der Waals surface area contributed by atoms with Gasteiger partial charge in [-0.3, -0.25) is 4.79 Å². The number of nitrogens with zero attached hydrogens (tertiary/aromatic N) is 4. The number of aromatic carboxylic acids is 1. The molecule has 0 aliphatic carbocycles. The van der Waals surface area contributed by atoms with Gasteiger partial charge in [-0.15, -0.1) is 0 Å². The molecule has 0 radical (unpaired) electrons. The minimum Gasteiger partial charge on any atom is -0.478 e. The van der Waals surface area contributed by atoms with Crippen molar-refractivity contribution < 1.29 is 14.7 Å². The molecule has 1 aliphatic rings. The van der Waals surface area contributed by atoms with Crippen LogP contribution in [-0.4, -0.2) is 53.1 Å². The smallest absolute Gasteiger partial charge is 0.337 e. The normalized spacial score (nSPS) is 14.0. The van der Waals surface area contributed by atoms with E-state index in [0.717, 1.165) is 37.3 Å². The van der Waals surface area contributed by atoms with Crippen LogP contribution in [0.4, 0.5) is 17.3 Å². The Balaban J connectivity index is 1.52. The highest BCUT2D eigenvalue weighted by atomic mass is 16.4. The third-order valence-electron chi connectivity index (χ3n) is 5.57. The van der Waals surface area contributed by atoms with E-state index in [0.29, 0.717) is 18.1 Å². The molecule has 2 heterocycles. The number of carboxylic acids is 1. The highest BCUT2D eigenvalue weighted by molar-refractivity contribution is 6.08. The summed E-state index contributed by atoms with van der Waals surface area (Å²) >= 11 is 0. The molecule has 0 spiro atoms. The molecule has 4 rings (SSSR count). The zero-order valence-corrected chi connectivity index (χ0v) is 17.9. The van der Waals surface area contributed by atoms with Gasteiger partial charge in [0.25, 0.3) is 5.91 Å². The molecule has 164 valence electrons. The minimum absolute atomic E-state index is 0.0666. The van der Waals surface area contributed by atoms with Gasteiger partial charge < -0.3 is 20.2 Å². The number of amides is 1. The zero-order chi connectivity index (χ0) is 22.5. The molecular weight excluding hydrogens is 406 g/mol. The standard InChI is InChI=1S/C24H25N5O3/c1-17-6-2-3-7-19(17)22(30)27-21-9-8-18(16-20(21)23(31)32)28-12-5-13-29(15-14-28)24-25-10-4-11-26-24/h2-4,6-11,16H,5,12-15H2,1H3,(H,27,30)(H,31,32). The van der Waals surface area contributed by atoms with E-state index in [1.165, 1.54) is 0 Å². The number of nitrogens with one attached hydrogen (secondary N) is 1. The molecule has 1 fully saturated rings. The summed E-state index contributed by atoms with van der Waals surface area (Å²) in [5, 5.41) is 12.5. The molecule has 0 bridgehead atoms. The second-order valence-electron chi connectivity index (χ2n) is 7.68. The molecule has 1 saturated heterocycles. The Morgan fingerprint density at radius 1 is 0.906 bits per heavy atom. The van der Waals surface area contributed by atoms with Gasteiger partial charge in [0.2, 0.25) is 5.95 Å². The topological polar surface area (TPSA) is 98.7 Å². The first-order chi connectivity index (χ1) is 15.5. The van der Waals surface area contributed by atoms with Gasteiger partial charge >= 0.3 is 5.97 Å². The minimum atomic E-state index is -1.08. The average Bonchev–Trinajstić information content (AvgIpc) is 3.06. The fourth-order valence-corrected chi connectivity index (χ4v) is 3.86. The monoisotopic (exact) mass is 431 g/mol. The predicted octanol–water partition coefficient (Wildman–Crippen LogP) is 3.45. The Kier molecular flexibility index (Phi) is 6.30. The highest BCUT2D eigenvalue weighted by Crippen LogP contribution is 2.26. The summed E-state index contributed by atoms with van der Waals surface area (Å²) in [6, 6.07) is 14.2. The van der Waals surface area contributed by atoms with E-state index in [4.69, 9.17) is 0 Å². The van der Waals surface area contributed by atoms with Crippen LogP contribution in [0.25, 0.3) is 0 Å². The summed E-state index contributed by atoms with van der Waals surface area (Å²) in [5.74, 6) is -0.706. The molecule has 0 unspecified atom stereocenters. The maximum absolute atomic E-state index is 12.7. The molecule has 2 N–H and O–H groups in total. The Labute approximate surface area is 186 Å². The predicted molar refractivity (Wildman–Crippen MR) is 124 cm³/mol. The van der Waals surface area contributed by atoms with Crippen molar-refractivity contribution >= 4 is 29.2 Å². The molecule has 0 atom stereocenters. The second-order valence-corrected chi connectivity index (χ2v) is 7.68. The van der Waals surface area contributed by atoms with Crippen LogP contribution in [-0.2, 0) is 0 Å². The van der Waals surface area contributed by atoms with Gasteiger partial charge in [-0.2, -0.15) is 0 Å². The number of aromatic nitrogens is 2. The van der Waals surface area contributed by atoms with Gasteiger partial charge in [0.1, 0.15) is 0 Å². The lowest BCUT2D eigenvalue weighted by atomic mass is 10.1. The maximum Gasteiger partial charge on any atom is 0.337 e. The van der Waals surface area contributed by atoms with E-state index in [1.807, 2.05) is 25.1 Å². The van der Waals surface area contributed by atoms with Gasteiger partial charge in [-0.25, -0.2) is 14.8 Å². The van der Waals surface area contributed by atoms with Crippen molar-refractivity contribution in [3.05, 3.63) is 77.6 Å². The lowest BCUT2D eigenvalue weighted by Gasteiger charge is -2.24. The fourth-order valence-electron chi connectivity index (χ4n) is 3.86. The first-order valence-electron chi connectivity index (χ1n) is 10.5. The highest BCUT2D eigenvalue weighted by Gasteiger charge is 2.20. The van der Waals surface area contributed by atoms with Crippen LogP contribution in [0.5, 0.6) is 0 Å². The molecule has 32 heavy (non-hydrogen) atoms. The van der Waals surface area contributed by atoms with Crippen LogP contribution in [0.2, 0.25) is 0 Å². The summed E-state index contributed by atoms with van der Waals surface area (Å²) in [6.07, 6.45) is 4.36. The van der Waals surface area contributed by atoms with Crippen molar-refractivity contribution in [2.24, 2.45) is 0 Å². The van der Waals surface area contributed by atoms with E-state index in [9.17, 15) is 14.7 Å². The van der Waals surface area contributed by atoms with Crippen molar-refractivity contribution in [3.63, 3.8) is 0 Å². The van der Waals surface area contributed by atoms with Crippen molar-refractivity contribution in [1.82, 2.24) is 9.97 Å². The van der Waals surface area contributed by atoms with Gasteiger partial charge in [-0.1, -0.05) is 18.2 Å². The lowest BCUT2D eigenvalue weighted by Crippen LogP contribution is -2.31. The summed E-state index contributed by atoms with van der Waals surface area (Å²) in [7, 11) is 0. The maximum atomic E-state index is 12.7. The van der Waals surface area contributed by atoms with E-state index in [2.05, 4.69) is 25.1 Å². The Bertz CT molecular complexity index is 1120. The zero-order valence-electron chi connectivity index (χ0n) is 17.9. The lowest BCUT2D eigenvalue weighted by molar-refractivity contribution is 0.0698. The SMILES string of the molecule is Cc1ccccc1C(=O)Nc1ccc(N2CCCN(c3ncccn3)CC2)cc1C(=O)O. The number of hydrogen-bond acceptors (Lipinski definition) is 6. The molecule has 1 aliphatic heterocycles. The number of aryl methyl sites for hydroxylation is 1. The quantitative estimate of drug-likeness (QED) is 0.638. The third kappa shape index (κ3) is 4.69. The van der Waals surface area contributed by atoms with E-state index < -0.39 is 5.97 Å². The molecule has 8 nitrogen and oxygen atoms in total. The summed E-state index contributed by atoms with van der Waals surface area (Å²) in [5.41, 5.74) is 2.51.